The number of ether oxygens (including phenoxy) is 1. The zero-order valence-corrected chi connectivity index (χ0v) is 16.2. The Hall–Kier alpha value is -2.25. The van der Waals surface area contributed by atoms with Gasteiger partial charge in [0, 0.05) is 57.4 Å². The Morgan fingerprint density at radius 1 is 1.32 bits per heavy atom. The number of hydrogen-bond acceptors (Lipinski definition) is 4. The molecule has 1 aromatic heterocycles. The van der Waals surface area contributed by atoms with E-state index in [2.05, 4.69) is 15.7 Å². The van der Waals surface area contributed by atoms with Gasteiger partial charge in [-0.1, -0.05) is 12.1 Å². The smallest absolute Gasteiger partial charge is 0.225 e. The minimum atomic E-state index is -0.244. The third-order valence-corrected chi connectivity index (χ3v) is 6.21. The predicted molar refractivity (Wildman–Crippen MR) is 103 cm³/mol. The number of benzene rings is 1. The molecule has 2 atom stereocenters. The summed E-state index contributed by atoms with van der Waals surface area (Å²) in [5.74, 6) is -0.169. The van der Waals surface area contributed by atoms with Gasteiger partial charge >= 0.3 is 0 Å². The fraction of sp³-hybridized carbons (Fsp3) is 0.524. The molecule has 0 spiro atoms. The van der Waals surface area contributed by atoms with Crippen molar-refractivity contribution in [2.24, 2.45) is 13.0 Å². The van der Waals surface area contributed by atoms with Gasteiger partial charge in [0.2, 0.25) is 5.91 Å². The Kier molecular flexibility index (Phi) is 5.46. The van der Waals surface area contributed by atoms with Crippen LogP contribution in [0.4, 0.5) is 4.39 Å². The number of amides is 1. The fourth-order valence-electron chi connectivity index (χ4n) is 4.46. The molecule has 0 radical (unpaired) electrons. The number of carbonyl (C=O) groups is 1. The molecular weight excluding hydrogens is 359 g/mol. The van der Waals surface area contributed by atoms with Crippen LogP contribution in [0.1, 0.15) is 29.9 Å². The first-order valence-electron chi connectivity index (χ1n) is 9.88. The Labute approximate surface area is 164 Å². The minimum absolute atomic E-state index is 0.0619. The molecule has 4 rings (SSSR count). The molecule has 2 fully saturated rings. The van der Waals surface area contributed by atoms with Crippen LogP contribution >= 0.6 is 0 Å². The molecule has 2 N–H and O–H groups in total. The Bertz CT molecular complexity index is 814. The van der Waals surface area contributed by atoms with E-state index in [4.69, 9.17) is 4.74 Å². The summed E-state index contributed by atoms with van der Waals surface area (Å²) in [4.78, 5) is 13.0. The monoisotopic (exact) mass is 386 g/mol. The summed E-state index contributed by atoms with van der Waals surface area (Å²) in [6.07, 6.45) is 5.45. The third kappa shape index (κ3) is 3.82. The highest BCUT2D eigenvalue weighted by molar-refractivity contribution is 5.80. The number of halogens is 1. The van der Waals surface area contributed by atoms with Gasteiger partial charge in [-0.2, -0.15) is 5.10 Å². The van der Waals surface area contributed by atoms with E-state index in [1.165, 1.54) is 12.1 Å². The molecule has 2 aliphatic rings. The van der Waals surface area contributed by atoms with Gasteiger partial charge in [-0.3, -0.25) is 9.48 Å². The van der Waals surface area contributed by atoms with Crippen molar-refractivity contribution >= 4 is 5.91 Å². The molecule has 28 heavy (non-hydrogen) atoms. The summed E-state index contributed by atoms with van der Waals surface area (Å²) >= 11 is 0. The highest BCUT2D eigenvalue weighted by Crippen LogP contribution is 2.35. The Morgan fingerprint density at radius 3 is 2.75 bits per heavy atom. The van der Waals surface area contributed by atoms with Crippen molar-refractivity contribution < 1.29 is 13.9 Å². The van der Waals surface area contributed by atoms with E-state index < -0.39 is 0 Å². The second kappa shape index (κ2) is 8.01. The van der Waals surface area contributed by atoms with Crippen LogP contribution in [0.15, 0.2) is 36.7 Å². The van der Waals surface area contributed by atoms with Crippen molar-refractivity contribution in [1.82, 2.24) is 20.4 Å². The Morgan fingerprint density at radius 2 is 2.07 bits per heavy atom. The lowest BCUT2D eigenvalue weighted by atomic mass is 9.74. The van der Waals surface area contributed by atoms with Gasteiger partial charge in [0.05, 0.1) is 12.1 Å². The van der Waals surface area contributed by atoms with E-state index in [-0.39, 0.29) is 29.0 Å². The first-order chi connectivity index (χ1) is 13.6. The van der Waals surface area contributed by atoms with Crippen LogP contribution < -0.4 is 10.6 Å². The van der Waals surface area contributed by atoms with Crippen LogP contribution in [0.3, 0.4) is 0 Å². The molecule has 1 amide bonds. The van der Waals surface area contributed by atoms with Crippen molar-refractivity contribution in [3.8, 4) is 0 Å². The molecule has 6 nitrogen and oxygen atoms in total. The minimum Gasteiger partial charge on any atom is -0.381 e. The number of carbonyl (C=O) groups excluding carboxylic acids is 1. The van der Waals surface area contributed by atoms with Crippen molar-refractivity contribution in [1.29, 1.82) is 0 Å². The summed E-state index contributed by atoms with van der Waals surface area (Å²) in [7, 11) is 1.89. The van der Waals surface area contributed by atoms with Crippen LogP contribution in [0.2, 0.25) is 0 Å². The normalized spacial score (nSPS) is 24.2. The summed E-state index contributed by atoms with van der Waals surface area (Å²) in [6.45, 7) is 3.28. The number of rotatable bonds is 5. The van der Waals surface area contributed by atoms with Gasteiger partial charge in [-0.25, -0.2) is 4.39 Å². The lowest BCUT2D eigenvalue weighted by Gasteiger charge is -2.38. The zero-order chi connectivity index (χ0) is 19.6. The van der Waals surface area contributed by atoms with Crippen molar-refractivity contribution in [2.45, 2.75) is 24.2 Å². The van der Waals surface area contributed by atoms with Crippen LogP contribution in [0.5, 0.6) is 0 Å². The van der Waals surface area contributed by atoms with E-state index >= 15 is 0 Å². The maximum Gasteiger partial charge on any atom is 0.225 e. The molecule has 0 bridgehead atoms. The molecule has 0 saturated carbocycles. The second-order valence-electron chi connectivity index (χ2n) is 7.94. The van der Waals surface area contributed by atoms with Gasteiger partial charge in [0.15, 0.2) is 0 Å². The lowest BCUT2D eigenvalue weighted by molar-refractivity contribution is -0.125. The predicted octanol–water partition coefficient (Wildman–Crippen LogP) is 1.73. The van der Waals surface area contributed by atoms with Gasteiger partial charge in [-0.05, 0) is 36.1 Å². The van der Waals surface area contributed by atoms with Crippen molar-refractivity contribution in [2.75, 3.05) is 32.8 Å². The number of hydrogen-bond donors (Lipinski definition) is 2. The lowest BCUT2D eigenvalue weighted by Crippen LogP contribution is -2.46. The molecule has 3 heterocycles. The average molecular weight is 386 g/mol. The summed E-state index contributed by atoms with van der Waals surface area (Å²) in [5.41, 5.74) is 1.94. The zero-order valence-electron chi connectivity index (χ0n) is 16.2. The molecule has 2 saturated heterocycles. The molecule has 2 aliphatic heterocycles. The summed E-state index contributed by atoms with van der Waals surface area (Å²) < 4.78 is 20.7. The van der Waals surface area contributed by atoms with Crippen molar-refractivity contribution in [3.05, 3.63) is 53.6 Å². The summed E-state index contributed by atoms with van der Waals surface area (Å²) in [5, 5.41) is 10.8. The number of aryl methyl sites for hydroxylation is 1. The fourth-order valence-corrected chi connectivity index (χ4v) is 4.46. The van der Waals surface area contributed by atoms with E-state index in [0.717, 1.165) is 30.5 Å². The van der Waals surface area contributed by atoms with E-state index in [0.29, 0.717) is 26.3 Å². The maximum absolute atomic E-state index is 13.4. The topological polar surface area (TPSA) is 68.2 Å². The largest absolute Gasteiger partial charge is 0.381 e. The molecular formula is C21H27FN4O2. The van der Waals surface area contributed by atoms with Gasteiger partial charge in [0.25, 0.3) is 0 Å². The number of aromatic nitrogens is 2. The van der Waals surface area contributed by atoms with Crippen LogP contribution in [-0.2, 0) is 22.0 Å². The van der Waals surface area contributed by atoms with Crippen LogP contribution in [0.25, 0.3) is 0 Å². The number of nitrogens with one attached hydrogen (secondary N) is 2. The average Bonchev–Trinajstić information content (AvgIpc) is 3.36. The highest BCUT2D eigenvalue weighted by Gasteiger charge is 2.38. The summed E-state index contributed by atoms with van der Waals surface area (Å²) in [6, 6.07) is 6.66. The maximum atomic E-state index is 13.4. The number of nitrogens with zero attached hydrogens (tertiary/aromatic N) is 2. The molecule has 1 aromatic carbocycles. The van der Waals surface area contributed by atoms with Crippen LogP contribution in [-0.4, -0.2) is 48.5 Å². The quantitative estimate of drug-likeness (QED) is 0.821. The molecule has 7 heteroatoms. The first-order valence-corrected chi connectivity index (χ1v) is 9.88. The highest BCUT2D eigenvalue weighted by atomic mass is 19.1. The van der Waals surface area contributed by atoms with Gasteiger partial charge < -0.3 is 15.4 Å². The third-order valence-electron chi connectivity index (χ3n) is 6.21. The van der Waals surface area contributed by atoms with Gasteiger partial charge in [-0.15, -0.1) is 0 Å². The van der Waals surface area contributed by atoms with Crippen LogP contribution in [0, 0.1) is 11.7 Å². The molecule has 150 valence electrons. The first kappa shape index (κ1) is 19.1. The molecule has 0 aliphatic carbocycles. The molecule has 2 aromatic rings. The Balaban J connectivity index is 1.47. The van der Waals surface area contributed by atoms with E-state index in [1.807, 2.05) is 31.6 Å². The van der Waals surface area contributed by atoms with Crippen molar-refractivity contribution in [3.63, 3.8) is 0 Å². The second-order valence-corrected chi connectivity index (χ2v) is 7.94. The molecule has 0 unspecified atom stereocenters. The SMILES string of the molecule is Cn1cc([C@H]2CNC[C@@H]2C(=O)NCC2(c3ccc(F)cc3)CCOCC2)cn1. The van der Waals surface area contributed by atoms with E-state index in [1.54, 1.807) is 4.68 Å². The van der Waals surface area contributed by atoms with E-state index in [9.17, 15) is 9.18 Å². The van der Waals surface area contributed by atoms with Gasteiger partial charge in [0.1, 0.15) is 5.82 Å². The standard InChI is InChI=1S/C21H27FN4O2/c1-26-13-15(10-25-26)18-11-23-12-19(18)20(27)24-14-21(6-8-28-9-7-21)16-2-4-17(22)5-3-16/h2-5,10,13,18-19,23H,6-9,11-12,14H2,1H3,(H,24,27)/t18-,19+/m1/s1.